The van der Waals surface area contributed by atoms with Gasteiger partial charge in [-0.15, -0.1) is 0 Å². The van der Waals surface area contributed by atoms with Crippen molar-refractivity contribution in [3.63, 3.8) is 0 Å². The highest BCUT2D eigenvalue weighted by atomic mass is 16.5. The van der Waals surface area contributed by atoms with Crippen molar-refractivity contribution in [3.05, 3.63) is 70.7 Å². The third-order valence-electron chi connectivity index (χ3n) is 3.92. The molecule has 0 bridgehead atoms. The fourth-order valence-electron chi connectivity index (χ4n) is 2.63. The van der Waals surface area contributed by atoms with E-state index in [0.29, 0.717) is 10.6 Å². The van der Waals surface area contributed by atoms with Gasteiger partial charge < -0.3 is 15.2 Å². The van der Waals surface area contributed by atoms with Crippen LogP contribution >= 0.6 is 0 Å². The number of ether oxygens (including phenoxy) is 1. The SMILES string of the molecule is O=C(NC(CC1=c2ccccc2=NC1=O)C(=O)O)OCc1ccccc1. The second-order valence-corrected chi connectivity index (χ2v) is 5.71. The number of rotatable bonds is 6. The molecule has 7 nitrogen and oxygen atoms in total. The van der Waals surface area contributed by atoms with Crippen LogP contribution < -0.4 is 15.9 Å². The number of carboxylic acids is 1. The molecule has 2 amide bonds. The van der Waals surface area contributed by atoms with Crippen molar-refractivity contribution < 1.29 is 24.2 Å². The third kappa shape index (κ3) is 3.94. The first-order valence-electron chi connectivity index (χ1n) is 7.96. The van der Waals surface area contributed by atoms with Crippen molar-refractivity contribution in [3.8, 4) is 0 Å². The fourth-order valence-corrected chi connectivity index (χ4v) is 2.63. The molecule has 0 saturated carbocycles. The van der Waals surface area contributed by atoms with Gasteiger partial charge in [-0.05, 0) is 11.6 Å². The van der Waals surface area contributed by atoms with E-state index >= 15 is 0 Å². The zero-order valence-electron chi connectivity index (χ0n) is 13.7. The molecule has 1 aliphatic heterocycles. The number of benzene rings is 2. The van der Waals surface area contributed by atoms with Crippen LogP contribution in [0.1, 0.15) is 12.0 Å². The lowest BCUT2D eigenvalue weighted by molar-refractivity contribution is -0.139. The maximum Gasteiger partial charge on any atom is 0.408 e. The number of para-hydroxylation sites is 1. The summed E-state index contributed by atoms with van der Waals surface area (Å²) in [5, 5.41) is 12.8. The Bertz CT molecular complexity index is 969. The molecular formula is C19H16N2O5. The van der Waals surface area contributed by atoms with E-state index in [2.05, 4.69) is 10.3 Å². The van der Waals surface area contributed by atoms with E-state index < -0.39 is 24.0 Å². The Morgan fingerprint density at radius 3 is 2.50 bits per heavy atom. The van der Waals surface area contributed by atoms with Crippen LogP contribution in [0, 0.1) is 0 Å². The predicted molar refractivity (Wildman–Crippen MR) is 91.4 cm³/mol. The van der Waals surface area contributed by atoms with Gasteiger partial charge >= 0.3 is 12.1 Å². The van der Waals surface area contributed by atoms with Crippen LogP contribution in [-0.2, 0) is 20.9 Å². The number of carbonyl (C=O) groups is 3. The van der Waals surface area contributed by atoms with Crippen LogP contribution in [0.25, 0.3) is 5.57 Å². The number of fused-ring (bicyclic) bond motifs is 1. The van der Waals surface area contributed by atoms with Crippen LogP contribution in [0.4, 0.5) is 4.79 Å². The monoisotopic (exact) mass is 352 g/mol. The molecule has 7 heteroatoms. The van der Waals surface area contributed by atoms with E-state index in [4.69, 9.17) is 4.74 Å². The zero-order chi connectivity index (χ0) is 18.5. The summed E-state index contributed by atoms with van der Waals surface area (Å²) in [6, 6.07) is 14.6. The summed E-state index contributed by atoms with van der Waals surface area (Å²) < 4.78 is 5.04. The van der Waals surface area contributed by atoms with E-state index in [1.54, 1.807) is 48.5 Å². The van der Waals surface area contributed by atoms with Gasteiger partial charge in [0.15, 0.2) is 0 Å². The van der Waals surface area contributed by atoms with E-state index in [0.717, 1.165) is 5.56 Å². The van der Waals surface area contributed by atoms with Crippen LogP contribution in [0.2, 0.25) is 0 Å². The highest BCUT2D eigenvalue weighted by Gasteiger charge is 2.27. The van der Waals surface area contributed by atoms with Gasteiger partial charge in [-0.1, -0.05) is 48.5 Å². The van der Waals surface area contributed by atoms with Crippen molar-refractivity contribution in [1.29, 1.82) is 0 Å². The summed E-state index contributed by atoms with van der Waals surface area (Å²) in [7, 11) is 0. The molecule has 0 radical (unpaired) electrons. The van der Waals surface area contributed by atoms with E-state index in [1.165, 1.54) is 0 Å². The molecule has 0 aliphatic carbocycles. The molecule has 132 valence electrons. The van der Waals surface area contributed by atoms with Crippen molar-refractivity contribution in [2.24, 2.45) is 4.99 Å². The molecule has 1 heterocycles. The minimum atomic E-state index is -1.29. The zero-order valence-corrected chi connectivity index (χ0v) is 13.7. The molecule has 0 saturated heterocycles. The van der Waals surface area contributed by atoms with Gasteiger partial charge in [0.05, 0.1) is 5.36 Å². The number of amides is 2. The fraction of sp³-hybridized carbons (Fsp3) is 0.158. The summed E-state index contributed by atoms with van der Waals surface area (Å²) in [6.07, 6.45) is -1.03. The average Bonchev–Trinajstić information content (AvgIpc) is 2.95. The first-order chi connectivity index (χ1) is 12.5. The average molecular weight is 352 g/mol. The number of aliphatic carboxylic acids is 1. The molecule has 2 aromatic rings. The number of carboxylic acid groups (broad SMARTS) is 1. The van der Waals surface area contributed by atoms with Crippen molar-refractivity contribution in [2.75, 3.05) is 0 Å². The third-order valence-corrected chi connectivity index (χ3v) is 3.92. The lowest BCUT2D eigenvalue weighted by atomic mass is 10.0. The van der Waals surface area contributed by atoms with Gasteiger partial charge in [-0.25, -0.2) is 14.6 Å². The Labute approximate surface area is 148 Å². The van der Waals surface area contributed by atoms with Crippen LogP contribution in [-0.4, -0.2) is 29.1 Å². The lowest BCUT2D eigenvalue weighted by Crippen LogP contribution is -2.42. The standard InChI is InChI=1S/C19H16N2O5/c22-17-14(13-8-4-5-9-15(13)20-17)10-16(18(23)24)21-19(25)26-11-12-6-2-1-3-7-12/h1-9,16H,10-11H2,(H,21,25)(H,23,24). The maximum absolute atomic E-state index is 12.0. The molecule has 1 unspecified atom stereocenters. The van der Waals surface area contributed by atoms with Gasteiger partial charge in [0, 0.05) is 17.2 Å². The molecule has 1 atom stereocenters. The second kappa shape index (κ2) is 7.60. The summed E-state index contributed by atoms with van der Waals surface area (Å²) in [4.78, 5) is 39.3. The minimum Gasteiger partial charge on any atom is -0.480 e. The minimum absolute atomic E-state index is 0.0205. The quantitative estimate of drug-likeness (QED) is 0.799. The maximum atomic E-state index is 12.0. The Kier molecular flexibility index (Phi) is 5.07. The first kappa shape index (κ1) is 17.3. The van der Waals surface area contributed by atoms with Crippen LogP contribution in [0.15, 0.2) is 59.6 Å². The summed E-state index contributed by atoms with van der Waals surface area (Å²) in [6.45, 7) is 0.0205. The highest BCUT2D eigenvalue weighted by Crippen LogP contribution is 2.11. The lowest BCUT2D eigenvalue weighted by Gasteiger charge is -2.14. The Morgan fingerprint density at radius 1 is 1.08 bits per heavy atom. The van der Waals surface area contributed by atoms with Gasteiger partial charge in [0.25, 0.3) is 5.91 Å². The summed E-state index contributed by atoms with van der Waals surface area (Å²) >= 11 is 0. The van der Waals surface area contributed by atoms with Crippen LogP contribution in [0.5, 0.6) is 0 Å². The van der Waals surface area contributed by atoms with Crippen LogP contribution in [0.3, 0.4) is 0 Å². The number of alkyl carbamates (subject to hydrolysis) is 1. The summed E-state index contributed by atoms with van der Waals surface area (Å²) in [5.41, 5.74) is 1.04. The Balaban J connectivity index is 1.69. The van der Waals surface area contributed by atoms with Crippen molar-refractivity contribution in [1.82, 2.24) is 5.32 Å². The first-order valence-corrected chi connectivity index (χ1v) is 7.96. The Morgan fingerprint density at radius 2 is 1.77 bits per heavy atom. The normalized spacial score (nSPS) is 13.5. The number of carbonyl (C=O) groups excluding carboxylic acids is 2. The van der Waals surface area contributed by atoms with E-state index in [1.807, 2.05) is 6.07 Å². The number of nitrogens with zero attached hydrogens (tertiary/aromatic N) is 1. The van der Waals surface area contributed by atoms with Gasteiger partial charge in [-0.2, -0.15) is 0 Å². The van der Waals surface area contributed by atoms with Crippen molar-refractivity contribution >= 4 is 23.5 Å². The molecule has 0 aromatic heterocycles. The molecule has 0 fully saturated rings. The topological polar surface area (TPSA) is 105 Å². The second-order valence-electron chi connectivity index (χ2n) is 5.71. The smallest absolute Gasteiger partial charge is 0.408 e. The molecule has 2 N–H and O–H groups in total. The number of nitrogens with one attached hydrogen (secondary N) is 1. The van der Waals surface area contributed by atoms with E-state index in [-0.39, 0.29) is 18.6 Å². The summed E-state index contributed by atoms with van der Waals surface area (Å²) in [5.74, 6) is -1.75. The molecular weight excluding hydrogens is 336 g/mol. The number of hydrogen-bond donors (Lipinski definition) is 2. The largest absolute Gasteiger partial charge is 0.480 e. The highest BCUT2D eigenvalue weighted by molar-refractivity contribution is 6.16. The molecule has 3 rings (SSSR count). The molecule has 0 spiro atoms. The van der Waals surface area contributed by atoms with E-state index in [9.17, 15) is 19.5 Å². The van der Waals surface area contributed by atoms with Gasteiger partial charge in [0.2, 0.25) is 0 Å². The van der Waals surface area contributed by atoms with Gasteiger partial charge in [0.1, 0.15) is 12.6 Å². The number of hydrogen-bond acceptors (Lipinski definition) is 4. The molecule has 2 aromatic carbocycles. The Hall–Kier alpha value is -3.48. The van der Waals surface area contributed by atoms with Gasteiger partial charge in [-0.3, -0.25) is 4.79 Å². The molecule has 1 aliphatic rings. The predicted octanol–water partition coefficient (Wildman–Crippen LogP) is 0.767. The molecule has 26 heavy (non-hydrogen) atoms. The van der Waals surface area contributed by atoms with Crippen molar-refractivity contribution in [2.45, 2.75) is 19.1 Å².